The van der Waals surface area contributed by atoms with Crippen LogP contribution in [0.4, 0.5) is 0 Å². The molecule has 0 bridgehead atoms. The number of aryl methyl sites for hydroxylation is 1. The van der Waals surface area contributed by atoms with Crippen LogP contribution in [0.1, 0.15) is 12.5 Å². The van der Waals surface area contributed by atoms with E-state index in [-0.39, 0.29) is 0 Å². The van der Waals surface area contributed by atoms with Crippen molar-refractivity contribution < 1.29 is 9.84 Å². The summed E-state index contributed by atoms with van der Waals surface area (Å²) in [5, 5.41) is 12.3. The van der Waals surface area contributed by atoms with E-state index in [0.29, 0.717) is 13.2 Å². The fraction of sp³-hybridized carbons (Fsp3) is 0.500. The molecule has 1 aromatic carbocycles. The molecule has 0 unspecified atom stereocenters. The molecule has 1 rings (SSSR count). The van der Waals surface area contributed by atoms with Gasteiger partial charge in [0.15, 0.2) is 0 Å². The molecule has 3 heteroatoms. The van der Waals surface area contributed by atoms with Gasteiger partial charge < -0.3 is 15.2 Å². The van der Waals surface area contributed by atoms with Crippen molar-refractivity contribution in [1.82, 2.24) is 5.32 Å². The molecule has 0 aliphatic rings. The second-order valence-electron chi connectivity index (χ2n) is 3.52. The standard InChI is InChI=1S/C12H19NO2/c1-3-10-4-6-12(7-5-10)15-9-11(14)8-13-2/h4-7,11,13-14H,3,8-9H2,1-2H3/t11-/m1/s1. The molecule has 0 heterocycles. The number of likely N-dealkylation sites (N-methyl/N-ethyl adjacent to an activating group) is 1. The zero-order valence-corrected chi connectivity index (χ0v) is 9.36. The molecule has 0 aliphatic heterocycles. The van der Waals surface area contributed by atoms with Crippen molar-refractivity contribution in [2.24, 2.45) is 0 Å². The van der Waals surface area contributed by atoms with Crippen molar-refractivity contribution in [3.05, 3.63) is 29.8 Å². The molecule has 0 aliphatic carbocycles. The zero-order chi connectivity index (χ0) is 11.1. The fourth-order valence-electron chi connectivity index (χ4n) is 1.31. The highest BCUT2D eigenvalue weighted by molar-refractivity contribution is 5.27. The summed E-state index contributed by atoms with van der Waals surface area (Å²) in [7, 11) is 1.80. The van der Waals surface area contributed by atoms with Crippen molar-refractivity contribution >= 4 is 0 Å². The maximum absolute atomic E-state index is 9.42. The molecular formula is C12H19NO2. The minimum absolute atomic E-state index is 0.326. The van der Waals surface area contributed by atoms with Gasteiger partial charge in [-0.25, -0.2) is 0 Å². The Morgan fingerprint density at radius 2 is 2.00 bits per heavy atom. The summed E-state index contributed by atoms with van der Waals surface area (Å²) in [6, 6.07) is 7.95. The first kappa shape index (κ1) is 12.0. The topological polar surface area (TPSA) is 41.5 Å². The summed E-state index contributed by atoms with van der Waals surface area (Å²) in [6.07, 6.45) is 0.573. The second-order valence-corrected chi connectivity index (χ2v) is 3.52. The summed E-state index contributed by atoms with van der Waals surface area (Å²) < 4.78 is 5.43. The van der Waals surface area contributed by atoms with Crippen LogP contribution in [0, 0.1) is 0 Å². The van der Waals surface area contributed by atoms with Gasteiger partial charge in [0, 0.05) is 6.54 Å². The second kappa shape index (κ2) is 6.43. The molecule has 1 atom stereocenters. The first-order chi connectivity index (χ1) is 7.26. The van der Waals surface area contributed by atoms with Crippen LogP contribution in [0.15, 0.2) is 24.3 Å². The number of benzene rings is 1. The lowest BCUT2D eigenvalue weighted by Gasteiger charge is -2.11. The highest BCUT2D eigenvalue weighted by Gasteiger charge is 2.03. The Morgan fingerprint density at radius 1 is 1.33 bits per heavy atom. The highest BCUT2D eigenvalue weighted by Crippen LogP contribution is 2.12. The first-order valence-electron chi connectivity index (χ1n) is 5.30. The van der Waals surface area contributed by atoms with Crippen LogP contribution >= 0.6 is 0 Å². The number of aliphatic hydroxyl groups is 1. The van der Waals surface area contributed by atoms with Gasteiger partial charge in [0.2, 0.25) is 0 Å². The van der Waals surface area contributed by atoms with Gasteiger partial charge in [0.05, 0.1) is 0 Å². The number of hydrogen-bond donors (Lipinski definition) is 2. The average molecular weight is 209 g/mol. The van der Waals surface area contributed by atoms with Crippen LogP contribution in [0.3, 0.4) is 0 Å². The third-order valence-electron chi connectivity index (χ3n) is 2.21. The van der Waals surface area contributed by atoms with E-state index in [1.165, 1.54) is 5.56 Å². The molecule has 0 amide bonds. The maximum Gasteiger partial charge on any atom is 0.119 e. The normalized spacial score (nSPS) is 12.5. The molecule has 2 N–H and O–H groups in total. The summed E-state index contributed by atoms with van der Waals surface area (Å²) >= 11 is 0. The van der Waals surface area contributed by atoms with Crippen molar-refractivity contribution in [3.63, 3.8) is 0 Å². The van der Waals surface area contributed by atoms with E-state index in [0.717, 1.165) is 12.2 Å². The molecule has 15 heavy (non-hydrogen) atoms. The van der Waals surface area contributed by atoms with E-state index in [1.54, 1.807) is 7.05 Å². The molecule has 0 saturated heterocycles. The Balaban J connectivity index is 2.37. The quantitative estimate of drug-likeness (QED) is 0.740. The number of nitrogens with one attached hydrogen (secondary N) is 1. The first-order valence-corrected chi connectivity index (χ1v) is 5.30. The highest BCUT2D eigenvalue weighted by atomic mass is 16.5. The Bertz CT molecular complexity index is 271. The van der Waals surface area contributed by atoms with Gasteiger partial charge in [0.1, 0.15) is 18.5 Å². The molecule has 84 valence electrons. The van der Waals surface area contributed by atoms with Gasteiger partial charge in [-0.2, -0.15) is 0 Å². The number of ether oxygens (including phenoxy) is 1. The number of hydrogen-bond acceptors (Lipinski definition) is 3. The zero-order valence-electron chi connectivity index (χ0n) is 9.36. The predicted molar refractivity (Wildman–Crippen MR) is 61.2 cm³/mol. The minimum atomic E-state index is -0.458. The molecule has 0 radical (unpaired) electrons. The molecule has 3 nitrogen and oxygen atoms in total. The predicted octanol–water partition coefficient (Wildman–Crippen LogP) is 1.21. The Hall–Kier alpha value is -1.06. The van der Waals surface area contributed by atoms with Crippen LogP contribution < -0.4 is 10.1 Å². The molecular weight excluding hydrogens is 190 g/mol. The Labute approximate surface area is 91.1 Å². The minimum Gasteiger partial charge on any atom is -0.491 e. The van der Waals surface area contributed by atoms with Crippen LogP contribution in [0.5, 0.6) is 5.75 Å². The summed E-state index contributed by atoms with van der Waals surface area (Å²) in [5.41, 5.74) is 1.29. The van der Waals surface area contributed by atoms with E-state index in [4.69, 9.17) is 4.74 Å². The van der Waals surface area contributed by atoms with E-state index in [9.17, 15) is 5.11 Å². The SMILES string of the molecule is CCc1ccc(OC[C@H](O)CNC)cc1. The largest absolute Gasteiger partial charge is 0.491 e. The maximum atomic E-state index is 9.42. The van der Waals surface area contributed by atoms with Gasteiger partial charge >= 0.3 is 0 Å². The van der Waals surface area contributed by atoms with Gasteiger partial charge in [-0.1, -0.05) is 19.1 Å². The summed E-state index contributed by atoms with van der Waals surface area (Å²) in [5.74, 6) is 0.808. The van der Waals surface area contributed by atoms with E-state index in [1.807, 2.05) is 24.3 Å². The smallest absolute Gasteiger partial charge is 0.119 e. The summed E-state index contributed by atoms with van der Waals surface area (Å²) in [6.45, 7) is 2.99. The van der Waals surface area contributed by atoms with Gasteiger partial charge in [0.25, 0.3) is 0 Å². The fourth-order valence-corrected chi connectivity index (χ4v) is 1.31. The lowest BCUT2D eigenvalue weighted by molar-refractivity contribution is 0.108. The van der Waals surface area contributed by atoms with Crippen molar-refractivity contribution in [2.75, 3.05) is 20.2 Å². The molecule has 1 aromatic rings. The van der Waals surface area contributed by atoms with E-state index in [2.05, 4.69) is 12.2 Å². The van der Waals surface area contributed by atoms with Crippen molar-refractivity contribution in [1.29, 1.82) is 0 Å². The number of aliphatic hydroxyl groups excluding tert-OH is 1. The van der Waals surface area contributed by atoms with Crippen molar-refractivity contribution in [2.45, 2.75) is 19.4 Å². The van der Waals surface area contributed by atoms with Crippen LogP contribution in [0.25, 0.3) is 0 Å². The average Bonchev–Trinajstić information content (AvgIpc) is 2.27. The van der Waals surface area contributed by atoms with Crippen LogP contribution in [-0.4, -0.2) is 31.4 Å². The van der Waals surface area contributed by atoms with E-state index < -0.39 is 6.10 Å². The Kier molecular flexibility index (Phi) is 5.15. The lowest BCUT2D eigenvalue weighted by atomic mass is 10.2. The lowest BCUT2D eigenvalue weighted by Crippen LogP contribution is -2.29. The third-order valence-corrected chi connectivity index (χ3v) is 2.21. The molecule has 0 spiro atoms. The van der Waals surface area contributed by atoms with Crippen molar-refractivity contribution in [3.8, 4) is 5.75 Å². The van der Waals surface area contributed by atoms with Crippen LogP contribution in [-0.2, 0) is 6.42 Å². The van der Waals surface area contributed by atoms with Gasteiger partial charge in [-0.05, 0) is 31.2 Å². The van der Waals surface area contributed by atoms with E-state index >= 15 is 0 Å². The van der Waals surface area contributed by atoms with Crippen LogP contribution in [0.2, 0.25) is 0 Å². The monoisotopic (exact) mass is 209 g/mol. The molecule has 0 saturated carbocycles. The van der Waals surface area contributed by atoms with Gasteiger partial charge in [-0.3, -0.25) is 0 Å². The summed E-state index contributed by atoms with van der Waals surface area (Å²) in [4.78, 5) is 0. The van der Waals surface area contributed by atoms with Gasteiger partial charge in [-0.15, -0.1) is 0 Å². The molecule has 0 fully saturated rings. The number of rotatable bonds is 6. The third kappa shape index (κ3) is 4.32. The molecule has 0 aromatic heterocycles. The Morgan fingerprint density at radius 3 is 2.53 bits per heavy atom.